The third-order valence-electron chi connectivity index (χ3n) is 5.21. The number of aliphatic hydroxyl groups excluding tert-OH is 2. The van der Waals surface area contributed by atoms with Crippen LogP contribution in [0.15, 0.2) is 18.2 Å². The van der Waals surface area contributed by atoms with Crippen molar-refractivity contribution >= 4 is 5.91 Å². The Morgan fingerprint density at radius 1 is 1.21 bits per heavy atom. The van der Waals surface area contributed by atoms with Crippen molar-refractivity contribution in [1.29, 1.82) is 0 Å². The number of nitrogens with zero attached hydrogens (tertiary/aromatic N) is 2. The summed E-state index contributed by atoms with van der Waals surface area (Å²) >= 11 is 0. The first-order valence-corrected chi connectivity index (χ1v) is 9.90. The number of likely N-dealkylation sites (tertiary alicyclic amines) is 1. The van der Waals surface area contributed by atoms with E-state index in [1.54, 1.807) is 7.11 Å². The van der Waals surface area contributed by atoms with Gasteiger partial charge in [0.2, 0.25) is 5.91 Å². The largest absolute Gasteiger partial charge is 0.493 e. The maximum absolute atomic E-state index is 11.5. The summed E-state index contributed by atoms with van der Waals surface area (Å²) in [6, 6.07) is 5.73. The van der Waals surface area contributed by atoms with E-state index in [0.717, 1.165) is 38.0 Å². The molecule has 2 heterocycles. The molecule has 28 heavy (non-hydrogen) atoms. The lowest BCUT2D eigenvalue weighted by molar-refractivity contribution is -0.124. The Hall–Kier alpha value is -1.87. The Morgan fingerprint density at radius 3 is 2.71 bits per heavy atom. The Balaban J connectivity index is 1.50. The summed E-state index contributed by atoms with van der Waals surface area (Å²) in [6.07, 6.45) is 0.682. The van der Waals surface area contributed by atoms with Crippen LogP contribution in [0.1, 0.15) is 18.4 Å². The van der Waals surface area contributed by atoms with E-state index in [1.165, 1.54) is 0 Å². The lowest BCUT2D eigenvalue weighted by atomic mass is 10.1. The summed E-state index contributed by atoms with van der Waals surface area (Å²) in [6.45, 7) is 4.88. The van der Waals surface area contributed by atoms with E-state index in [-0.39, 0.29) is 18.6 Å². The number of β-amino-alcohol motifs (C(OH)–C–C–N with tert-alkyl or cyclic N) is 1. The number of rotatable bonds is 8. The second kappa shape index (κ2) is 10.1. The van der Waals surface area contributed by atoms with Gasteiger partial charge in [-0.25, -0.2) is 0 Å². The van der Waals surface area contributed by atoms with Crippen molar-refractivity contribution in [2.45, 2.75) is 31.6 Å². The summed E-state index contributed by atoms with van der Waals surface area (Å²) in [5, 5.41) is 22.7. The first-order valence-electron chi connectivity index (χ1n) is 9.90. The second-order valence-electron chi connectivity index (χ2n) is 7.54. The van der Waals surface area contributed by atoms with Crippen molar-refractivity contribution in [2.24, 2.45) is 0 Å². The SMILES string of the molecule is COc1cc(CN2CCNC(=O)C2)ccc1OCC(O)CN1CCC(O)CC1. The number of methoxy groups -OCH3 is 1. The molecule has 2 aliphatic heterocycles. The fourth-order valence-corrected chi connectivity index (χ4v) is 3.65. The number of piperazine rings is 1. The van der Waals surface area contributed by atoms with E-state index in [9.17, 15) is 15.0 Å². The van der Waals surface area contributed by atoms with Gasteiger partial charge >= 0.3 is 0 Å². The molecule has 0 spiro atoms. The molecule has 0 radical (unpaired) electrons. The second-order valence-corrected chi connectivity index (χ2v) is 7.54. The van der Waals surface area contributed by atoms with Crippen LogP contribution in [-0.4, -0.2) is 91.1 Å². The molecule has 1 aromatic carbocycles. The molecule has 1 unspecified atom stereocenters. The van der Waals surface area contributed by atoms with Gasteiger partial charge in [-0.2, -0.15) is 0 Å². The summed E-state index contributed by atoms with van der Waals surface area (Å²) < 4.78 is 11.2. The van der Waals surface area contributed by atoms with Crippen LogP contribution in [0, 0.1) is 0 Å². The predicted octanol–water partition coefficient (Wildman–Crippen LogP) is -0.177. The fraction of sp³-hybridized carbons (Fsp3) is 0.650. The zero-order valence-electron chi connectivity index (χ0n) is 16.5. The topological polar surface area (TPSA) is 94.5 Å². The fourth-order valence-electron chi connectivity index (χ4n) is 3.65. The molecule has 2 fully saturated rings. The van der Waals surface area contributed by atoms with E-state index < -0.39 is 6.10 Å². The number of carbonyl (C=O) groups is 1. The standard InChI is InChI=1S/C20H31N3O5/c1-27-19-10-15(11-23-9-6-21-20(26)13-23)2-3-18(19)28-14-17(25)12-22-7-4-16(24)5-8-22/h2-3,10,16-17,24-25H,4-9,11-14H2,1H3,(H,21,26). The highest BCUT2D eigenvalue weighted by Crippen LogP contribution is 2.29. The average Bonchev–Trinajstić information content (AvgIpc) is 2.68. The third kappa shape index (κ3) is 6.07. The number of carbonyl (C=O) groups excluding carboxylic acids is 1. The van der Waals surface area contributed by atoms with Gasteiger partial charge in [-0.15, -0.1) is 0 Å². The summed E-state index contributed by atoms with van der Waals surface area (Å²) in [7, 11) is 1.59. The Labute approximate surface area is 166 Å². The molecular weight excluding hydrogens is 362 g/mol. The highest BCUT2D eigenvalue weighted by atomic mass is 16.5. The third-order valence-corrected chi connectivity index (χ3v) is 5.21. The van der Waals surface area contributed by atoms with Crippen LogP contribution >= 0.6 is 0 Å². The normalized spacial score (nSPS) is 20.6. The van der Waals surface area contributed by atoms with Gasteiger partial charge < -0.3 is 29.9 Å². The molecule has 1 amide bonds. The molecule has 0 bridgehead atoms. The van der Waals surface area contributed by atoms with Gasteiger partial charge in [-0.05, 0) is 30.5 Å². The molecule has 0 aromatic heterocycles. The molecule has 2 aliphatic rings. The summed E-state index contributed by atoms with van der Waals surface area (Å²) in [5.41, 5.74) is 1.05. The minimum atomic E-state index is -0.605. The Bertz CT molecular complexity index is 649. The molecule has 1 atom stereocenters. The van der Waals surface area contributed by atoms with E-state index in [1.807, 2.05) is 18.2 Å². The predicted molar refractivity (Wildman–Crippen MR) is 104 cm³/mol. The molecular formula is C20H31N3O5. The van der Waals surface area contributed by atoms with Crippen LogP contribution in [0.25, 0.3) is 0 Å². The van der Waals surface area contributed by atoms with Crippen molar-refractivity contribution in [3.63, 3.8) is 0 Å². The van der Waals surface area contributed by atoms with Crippen LogP contribution in [-0.2, 0) is 11.3 Å². The van der Waals surface area contributed by atoms with Crippen molar-refractivity contribution in [3.05, 3.63) is 23.8 Å². The van der Waals surface area contributed by atoms with E-state index in [0.29, 0.717) is 37.7 Å². The zero-order valence-corrected chi connectivity index (χ0v) is 16.5. The highest BCUT2D eigenvalue weighted by Gasteiger charge is 2.20. The number of ether oxygens (including phenoxy) is 2. The van der Waals surface area contributed by atoms with Gasteiger partial charge in [0.25, 0.3) is 0 Å². The molecule has 1 aromatic rings. The smallest absolute Gasteiger partial charge is 0.234 e. The number of amides is 1. The maximum Gasteiger partial charge on any atom is 0.234 e. The van der Waals surface area contributed by atoms with Crippen LogP contribution in [0.3, 0.4) is 0 Å². The molecule has 3 N–H and O–H groups in total. The van der Waals surface area contributed by atoms with E-state index in [4.69, 9.17) is 9.47 Å². The number of benzene rings is 1. The summed E-state index contributed by atoms with van der Waals surface area (Å²) in [4.78, 5) is 15.8. The van der Waals surface area contributed by atoms with Crippen molar-refractivity contribution in [2.75, 3.05) is 53.0 Å². The molecule has 8 nitrogen and oxygen atoms in total. The van der Waals surface area contributed by atoms with Crippen LogP contribution in [0.2, 0.25) is 0 Å². The van der Waals surface area contributed by atoms with Gasteiger partial charge in [-0.1, -0.05) is 6.07 Å². The zero-order chi connectivity index (χ0) is 19.9. The van der Waals surface area contributed by atoms with Crippen molar-refractivity contribution < 1.29 is 24.5 Å². The highest BCUT2D eigenvalue weighted by molar-refractivity contribution is 5.78. The monoisotopic (exact) mass is 393 g/mol. The molecule has 0 saturated carbocycles. The quantitative estimate of drug-likeness (QED) is 0.564. The van der Waals surface area contributed by atoms with Gasteiger partial charge in [-0.3, -0.25) is 9.69 Å². The first kappa shape index (κ1) is 20.9. The lowest BCUT2D eigenvalue weighted by Gasteiger charge is -2.31. The molecule has 2 saturated heterocycles. The van der Waals surface area contributed by atoms with Crippen LogP contribution in [0.4, 0.5) is 0 Å². The van der Waals surface area contributed by atoms with Gasteiger partial charge in [0.1, 0.15) is 12.7 Å². The first-order chi connectivity index (χ1) is 13.5. The molecule has 0 aliphatic carbocycles. The number of piperidine rings is 1. The summed E-state index contributed by atoms with van der Waals surface area (Å²) in [5.74, 6) is 1.26. The Morgan fingerprint density at radius 2 is 2.00 bits per heavy atom. The van der Waals surface area contributed by atoms with Gasteiger partial charge in [0.15, 0.2) is 11.5 Å². The van der Waals surface area contributed by atoms with E-state index in [2.05, 4.69) is 15.1 Å². The number of aliphatic hydroxyl groups is 2. The maximum atomic E-state index is 11.5. The number of hydrogen-bond acceptors (Lipinski definition) is 7. The van der Waals surface area contributed by atoms with Crippen LogP contribution in [0.5, 0.6) is 11.5 Å². The van der Waals surface area contributed by atoms with Gasteiger partial charge in [0.05, 0.1) is 19.8 Å². The minimum Gasteiger partial charge on any atom is -0.493 e. The van der Waals surface area contributed by atoms with E-state index >= 15 is 0 Å². The molecule has 3 rings (SSSR count). The number of nitrogens with one attached hydrogen (secondary N) is 1. The Kier molecular flexibility index (Phi) is 7.50. The average molecular weight is 393 g/mol. The lowest BCUT2D eigenvalue weighted by Crippen LogP contribution is -2.47. The molecule has 8 heteroatoms. The minimum absolute atomic E-state index is 0.0513. The van der Waals surface area contributed by atoms with Crippen LogP contribution < -0.4 is 14.8 Å². The number of hydrogen-bond donors (Lipinski definition) is 3. The molecule has 156 valence electrons. The van der Waals surface area contributed by atoms with Gasteiger partial charge in [0, 0.05) is 39.3 Å². The van der Waals surface area contributed by atoms with Crippen molar-refractivity contribution in [3.8, 4) is 11.5 Å². The van der Waals surface area contributed by atoms with Crippen molar-refractivity contribution in [1.82, 2.24) is 15.1 Å².